The molecule has 1 heterocycles. The van der Waals surface area contributed by atoms with Crippen LogP contribution in [0.25, 0.3) is 0 Å². The third-order valence-electron chi connectivity index (χ3n) is 6.59. The van der Waals surface area contributed by atoms with Crippen molar-refractivity contribution < 1.29 is 19.3 Å². The van der Waals surface area contributed by atoms with E-state index in [1.807, 2.05) is 12.2 Å². The Bertz CT molecular complexity index is 1220. The van der Waals surface area contributed by atoms with Gasteiger partial charge in [-0.3, -0.25) is 24.5 Å². The number of rotatable bonds is 5. The molecule has 2 bridgehead atoms. The number of nitro benzene ring substituents is 1. The highest BCUT2D eigenvalue weighted by molar-refractivity contribution is 6.35. The van der Waals surface area contributed by atoms with Gasteiger partial charge in [0.2, 0.25) is 0 Å². The van der Waals surface area contributed by atoms with Crippen LogP contribution in [0.2, 0.25) is 10.0 Å². The van der Waals surface area contributed by atoms with Gasteiger partial charge in [0.25, 0.3) is 23.4 Å². The minimum atomic E-state index is -0.838. The zero-order valence-corrected chi connectivity index (χ0v) is 18.6. The fourth-order valence-electron chi connectivity index (χ4n) is 5.12. The minimum absolute atomic E-state index is 0.0522. The van der Waals surface area contributed by atoms with Crippen LogP contribution in [-0.2, 0) is 16.1 Å². The summed E-state index contributed by atoms with van der Waals surface area (Å²) in [4.78, 5) is 51.3. The van der Waals surface area contributed by atoms with E-state index >= 15 is 0 Å². The molecular formula is C23H17Cl2N3O5. The van der Waals surface area contributed by atoms with E-state index in [2.05, 4.69) is 0 Å². The number of hydrogen-bond donors (Lipinski definition) is 0. The van der Waals surface area contributed by atoms with Crippen molar-refractivity contribution in [2.75, 3.05) is 0 Å². The molecule has 1 saturated carbocycles. The number of amides is 3. The lowest BCUT2D eigenvalue weighted by atomic mass is 9.85. The minimum Gasteiger partial charge on any atom is -0.272 e. The molecule has 4 atom stereocenters. The van der Waals surface area contributed by atoms with Gasteiger partial charge in [0.15, 0.2) is 0 Å². The van der Waals surface area contributed by atoms with Crippen LogP contribution in [0.4, 0.5) is 5.69 Å². The SMILES string of the molecule is O=C(c1ccccc1[N+](=O)[O-])N(Cc1ccc(Cl)cc1Cl)N1C(=O)[C@@H]2[C@H](C1=O)[C@H]1C=C[C@H]2C1. The van der Waals surface area contributed by atoms with Crippen molar-refractivity contribution in [3.05, 3.63) is 85.9 Å². The van der Waals surface area contributed by atoms with Crippen molar-refractivity contribution in [3.8, 4) is 0 Å². The van der Waals surface area contributed by atoms with Crippen molar-refractivity contribution in [1.29, 1.82) is 0 Å². The predicted octanol–water partition coefficient (Wildman–Crippen LogP) is 4.27. The number of nitrogens with zero attached hydrogens (tertiary/aromatic N) is 3. The fourth-order valence-corrected chi connectivity index (χ4v) is 5.59. The van der Waals surface area contributed by atoms with Crippen molar-refractivity contribution in [2.45, 2.75) is 13.0 Å². The molecule has 0 spiro atoms. The lowest BCUT2D eigenvalue weighted by Crippen LogP contribution is -2.50. The lowest BCUT2D eigenvalue weighted by molar-refractivity contribution is -0.385. The van der Waals surface area contributed by atoms with Crippen molar-refractivity contribution >= 4 is 46.6 Å². The number of para-hydroxylation sites is 1. The summed E-state index contributed by atoms with van der Waals surface area (Å²) >= 11 is 12.3. The zero-order valence-electron chi connectivity index (χ0n) is 17.1. The summed E-state index contributed by atoms with van der Waals surface area (Å²) in [7, 11) is 0. The summed E-state index contributed by atoms with van der Waals surface area (Å²) in [6, 6.07) is 10.1. The molecule has 2 aromatic rings. The van der Waals surface area contributed by atoms with Crippen LogP contribution in [0.5, 0.6) is 0 Å². The number of hydrogen-bond acceptors (Lipinski definition) is 5. The quantitative estimate of drug-likeness (QED) is 0.272. The molecule has 168 valence electrons. The molecule has 2 fully saturated rings. The van der Waals surface area contributed by atoms with Gasteiger partial charge in [-0.05, 0) is 42.0 Å². The van der Waals surface area contributed by atoms with Crippen LogP contribution in [0.15, 0.2) is 54.6 Å². The van der Waals surface area contributed by atoms with E-state index < -0.39 is 40.2 Å². The molecule has 5 rings (SSSR count). The largest absolute Gasteiger partial charge is 0.282 e. The highest BCUT2D eigenvalue weighted by Crippen LogP contribution is 2.53. The summed E-state index contributed by atoms with van der Waals surface area (Å²) in [5, 5.41) is 14.0. The zero-order chi connectivity index (χ0) is 23.4. The first kappa shape index (κ1) is 21.6. The first-order valence-corrected chi connectivity index (χ1v) is 11.1. The van der Waals surface area contributed by atoms with E-state index in [9.17, 15) is 24.5 Å². The molecule has 2 aromatic carbocycles. The standard InChI is InChI=1S/C23H17Cl2N3O5/c24-15-8-7-14(17(25)10-15)11-26(21(29)16-3-1-2-4-18(16)28(32)33)27-22(30)19-12-5-6-13(9-12)20(19)23(27)31/h1-8,10,12-13,19-20H,9,11H2/t12-,13-,19-,20+/m0/s1. The third kappa shape index (κ3) is 3.41. The smallest absolute Gasteiger partial charge is 0.272 e. The maximum Gasteiger partial charge on any atom is 0.282 e. The van der Waals surface area contributed by atoms with Gasteiger partial charge in [0, 0.05) is 16.1 Å². The van der Waals surface area contributed by atoms with E-state index in [-0.39, 0.29) is 29.0 Å². The van der Waals surface area contributed by atoms with Crippen LogP contribution in [0.1, 0.15) is 22.3 Å². The normalized spacial score (nSPS) is 25.0. The molecule has 1 saturated heterocycles. The molecule has 0 unspecified atom stereocenters. The molecule has 33 heavy (non-hydrogen) atoms. The van der Waals surface area contributed by atoms with E-state index in [1.54, 1.807) is 12.1 Å². The Balaban J connectivity index is 1.58. The summed E-state index contributed by atoms with van der Waals surface area (Å²) in [6.07, 6.45) is 4.64. The molecule has 8 nitrogen and oxygen atoms in total. The van der Waals surface area contributed by atoms with Crippen LogP contribution < -0.4 is 0 Å². The van der Waals surface area contributed by atoms with Gasteiger partial charge in [-0.15, -0.1) is 0 Å². The highest BCUT2D eigenvalue weighted by Gasteiger charge is 2.61. The van der Waals surface area contributed by atoms with Gasteiger partial charge in [0.05, 0.1) is 23.3 Å². The number of allylic oxidation sites excluding steroid dienone is 2. The van der Waals surface area contributed by atoms with Crippen LogP contribution in [0, 0.1) is 33.8 Å². The Morgan fingerprint density at radius 2 is 1.70 bits per heavy atom. The maximum atomic E-state index is 13.6. The molecule has 2 aliphatic carbocycles. The Hall–Kier alpha value is -3.23. The number of hydrazine groups is 1. The fraction of sp³-hybridized carbons (Fsp3) is 0.261. The Kier molecular flexibility index (Phi) is 5.22. The van der Waals surface area contributed by atoms with Gasteiger partial charge in [0.1, 0.15) is 5.56 Å². The summed E-state index contributed by atoms with van der Waals surface area (Å²) < 4.78 is 0. The van der Waals surface area contributed by atoms with E-state index in [0.29, 0.717) is 10.6 Å². The Morgan fingerprint density at radius 1 is 1.06 bits per heavy atom. The molecule has 0 aromatic heterocycles. The number of carbonyl (C=O) groups is 3. The molecular weight excluding hydrogens is 469 g/mol. The number of carbonyl (C=O) groups excluding carboxylic acids is 3. The lowest BCUT2D eigenvalue weighted by Gasteiger charge is -2.31. The Morgan fingerprint density at radius 3 is 2.30 bits per heavy atom. The first-order chi connectivity index (χ1) is 15.8. The second kappa shape index (κ2) is 7.97. The third-order valence-corrected chi connectivity index (χ3v) is 7.18. The molecule has 0 radical (unpaired) electrons. The van der Waals surface area contributed by atoms with Gasteiger partial charge in [-0.25, -0.2) is 5.01 Å². The van der Waals surface area contributed by atoms with E-state index in [0.717, 1.165) is 16.4 Å². The summed E-state index contributed by atoms with van der Waals surface area (Å²) in [5.41, 5.74) is -0.214. The van der Waals surface area contributed by atoms with Gasteiger partial charge < -0.3 is 0 Å². The van der Waals surface area contributed by atoms with E-state index in [1.165, 1.54) is 30.3 Å². The molecule has 1 aliphatic heterocycles. The van der Waals surface area contributed by atoms with Crippen LogP contribution in [-0.4, -0.2) is 32.7 Å². The molecule has 3 aliphatic rings. The average Bonchev–Trinajstić information content (AvgIpc) is 3.47. The number of nitro groups is 1. The maximum absolute atomic E-state index is 13.6. The topological polar surface area (TPSA) is 101 Å². The van der Waals surface area contributed by atoms with Crippen molar-refractivity contribution in [2.24, 2.45) is 23.7 Å². The van der Waals surface area contributed by atoms with Gasteiger partial charge >= 0.3 is 0 Å². The van der Waals surface area contributed by atoms with Crippen molar-refractivity contribution in [1.82, 2.24) is 10.0 Å². The molecule has 10 heteroatoms. The molecule has 3 amide bonds. The highest BCUT2D eigenvalue weighted by atomic mass is 35.5. The van der Waals surface area contributed by atoms with Crippen molar-refractivity contribution in [3.63, 3.8) is 0 Å². The number of benzene rings is 2. The number of fused-ring (bicyclic) bond motifs is 5. The van der Waals surface area contributed by atoms with E-state index in [4.69, 9.17) is 23.2 Å². The van der Waals surface area contributed by atoms with Crippen LogP contribution in [0.3, 0.4) is 0 Å². The summed E-state index contributed by atoms with van der Waals surface area (Å²) in [5.74, 6) is -2.95. The van der Waals surface area contributed by atoms with Gasteiger partial charge in [-0.1, -0.05) is 53.6 Å². The van der Waals surface area contributed by atoms with Gasteiger partial charge in [-0.2, -0.15) is 5.01 Å². The number of halogens is 2. The monoisotopic (exact) mass is 485 g/mol. The second-order valence-corrected chi connectivity index (χ2v) is 9.20. The average molecular weight is 486 g/mol. The second-order valence-electron chi connectivity index (χ2n) is 8.36. The molecule has 0 N–H and O–H groups in total. The number of imide groups is 1. The first-order valence-electron chi connectivity index (χ1n) is 10.3. The summed E-state index contributed by atoms with van der Waals surface area (Å²) in [6.45, 7) is -0.236. The van der Waals surface area contributed by atoms with Crippen LogP contribution >= 0.6 is 23.2 Å². The Labute approximate surface area is 198 Å². The predicted molar refractivity (Wildman–Crippen MR) is 119 cm³/mol.